The van der Waals surface area contributed by atoms with Crippen molar-refractivity contribution in [1.82, 2.24) is 10.2 Å². The van der Waals surface area contributed by atoms with E-state index in [0.717, 1.165) is 0 Å². The highest BCUT2D eigenvalue weighted by atomic mass is 35.5. The summed E-state index contributed by atoms with van der Waals surface area (Å²) in [7, 11) is 0. The largest absolute Gasteiger partial charge is 0.406 e. The fraction of sp³-hybridized carbons (Fsp3) is 0.200. The van der Waals surface area contributed by atoms with Crippen molar-refractivity contribution in [2.75, 3.05) is 5.32 Å². The molecule has 3 N–H and O–H groups in total. The first kappa shape index (κ1) is 11.8. The van der Waals surface area contributed by atoms with E-state index in [1.165, 1.54) is 18.2 Å². The molecule has 2 rings (SSSR count). The summed E-state index contributed by atoms with van der Waals surface area (Å²) < 4.78 is 18.1. The van der Waals surface area contributed by atoms with Crippen LogP contribution >= 0.6 is 11.6 Å². The van der Waals surface area contributed by atoms with Gasteiger partial charge < -0.3 is 15.5 Å². The van der Waals surface area contributed by atoms with Crippen LogP contribution in [0.4, 0.5) is 16.1 Å². The number of nitrogens with two attached hydrogens (primary N) is 1. The molecule has 0 aliphatic carbocycles. The molecule has 5 nitrogen and oxygen atoms in total. The zero-order chi connectivity index (χ0) is 12.4. The molecule has 0 aliphatic heterocycles. The van der Waals surface area contributed by atoms with Gasteiger partial charge in [-0.25, -0.2) is 4.39 Å². The van der Waals surface area contributed by atoms with Gasteiger partial charge in [0.2, 0.25) is 5.89 Å². The summed E-state index contributed by atoms with van der Waals surface area (Å²) in [5.41, 5.74) is 6.12. The smallest absolute Gasteiger partial charge is 0.320 e. The second-order valence-corrected chi connectivity index (χ2v) is 3.90. The molecule has 0 aliphatic rings. The normalized spacial score (nSPS) is 12.5. The molecule has 0 radical (unpaired) electrons. The molecule has 17 heavy (non-hydrogen) atoms. The summed E-state index contributed by atoms with van der Waals surface area (Å²) in [4.78, 5) is 0. The quantitative estimate of drug-likeness (QED) is 0.883. The number of anilines is 2. The Labute approximate surface area is 102 Å². The van der Waals surface area contributed by atoms with Crippen molar-refractivity contribution in [1.29, 1.82) is 0 Å². The first-order valence-corrected chi connectivity index (χ1v) is 5.25. The van der Waals surface area contributed by atoms with Gasteiger partial charge >= 0.3 is 6.01 Å². The van der Waals surface area contributed by atoms with Crippen molar-refractivity contribution in [2.24, 2.45) is 5.73 Å². The molecule has 0 spiro atoms. The molecule has 1 aromatic heterocycles. The highest BCUT2D eigenvalue weighted by molar-refractivity contribution is 6.31. The molecule has 0 bridgehead atoms. The van der Waals surface area contributed by atoms with Crippen molar-refractivity contribution < 1.29 is 8.81 Å². The lowest BCUT2D eigenvalue weighted by atomic mass is 10.3. The maximum absolute atomic E-state index is 12.9. The van der Waals surface area contributed by atoms with E-state index in [1.807, 2.05) is 0 Å². The summed E-state index contributed by atoms with van der Waals surface area (Å²) in [6, 6.07) is 4.02. The van der Waals surface area contributed by atoms with Crippen molar-refractivity contribution in [3.05, 3.63) is 34.9 Å². The van der Waals surface area contributed by atoms with E-state index in [2.05, 4.69) is 15.5 Å². The van der Waals surface area contributed by atoms with Crippen LogP contribution in [0.25, 0.3) is 0 Å². The molecule has 0 fully saturated rings. The lowest BCUT2D eigenvalue weighted by Crippen LogP contribution is -2.04. The molecule has 1 heterocycles. The summed E-state index contributed by atoms with van der Waals surface area (Å²) in [6.07, 6.45) is 0. The lowest BCUT2D eigenvalue weighted by molar-refractivity contribution is 0.475. The molecule has 0 saturated heterocycles. The SMILES string of the molecule is CC(N)c1nnc(Nc2ccc(F)c(Cl)c2)o1. The Morgan fingerprint density at radius 1 is 1.47 bits per heavy atom. The van der Waals surface area contributed by atoms with Gasteiger partial charge in [0.1, 0.15) is 5.82 Å². The van der Waals surface area contributed by atoms with Crippen LogP contribution in [-0.2, 0) is 0 Å². The molecular weight excluding hydrogens is 247 g/mol. The maximum Gasteiger partial charge on any atom is 0.320 e. The van der Waals surface area contributed by atoms with Crippen LogP contribution in [0.1, 0.15) is 18.9 Å². The Balaban J connectivity index is 2.16. The second kappa shape index (κ2) is 4.68. The van der Waals surface area contributed by atoms with E-state index in [0.29, 0.717) is 11.6 Å². The second-order valence-electron chi connectivity index (χ2n) is 3.49. The molecule has 1 atom stereocenters. The van der Waals surface area contributed by atoms with E-state index in [4.69, 9.17) is 21.8 Å². The number of hydrogen-bond donors (Lipinski definition) is 2. The number of aromatic nitrogens is 2. The third kappa shape index (κ3) is 2.72. The van der Waals surface area contributed by atoms with E-state index in [9.17, 15) is 4.39 Å². The van der Waals surface area contributed by atoms with Crippen LogP contribution in [-0.4, -0.2) is 10.2 Å². The number of rotatable bonds is 3. The topological polar surface area (TPSA) is 77.0 Å². The van der Waals surface area contributed by atoms with Gasteiger partial charge in [-0.2, -0.15) is 0 Å². The van der Waals surface area contributed by atoms with Crippen LogP contribution in [0.5, 0.6) is 0 Å². The minimum absolute atomic E-state index is 0.0157. The predicted octanol–water partition coefficient (Wildman–Crippen LogP) is 2.63. The third-order valence-corrected chi connectivity index (χ3v) is 2.29. The number of nitrogens with zero attached hydrogens (tertiary/aromatic N) is 2. The van der Waals surface area contributed by atoms with Gasteiger partial charge in [0, 0.05) is 5.69 Å². The van der Waals surface area contributed by atoms with Crippen molar-refractivity contribution in [2.45, 2.75) is 13.0 Å². The average Bonchev–Trinajstić information content (AvgIpc) is 2.72. The van der Waals surface area contributed by atoms with Crippen molar-refractivity contribution in [3.63, 3.8) is 0 Å². The average molecular weight is 257 g/mol. The molecule has 1 unspecified atom stereocenters. The van der Waals surface area contributed by atoms with Crippen LogP contribution in [0.15, 0.2) is 22.6 Å². The first-order valence-electron chi connectivity index (χ1n) is 4.87. The van der Waals surface area contributed by atoms with Crippen LogP contribution in [0.3, 0.4) is 0 Å². The van der Waals surface area contributed by atoms with Gasteiger partial charge in [-0.3, -0.25) is 0 Å². The predicted molar refractivity (Wildman–Crippen MR) is 61.6 cm³/mol. The molecule has 90 valence electrons. The molecule has 0 amide bonds. The fourth-order valence-electron chi connectivity index (χ4n) is 1.17. The Kier molecular flexibility index (Phi) is 3.26. The molecule has 2 aromatic rings. The summed E-state index contributed by atoms with van der Waals surface area (Å²) >= 11 is 5.63. The minimum atomic E-state index is -0.487. The minimum Gasteiger partial charge on any atom is -0.406 e. The van der Waals surface area contributed by atoms with Crippen LogP contribution < -0.4 is 11.1 Å². The van der Waals surface area contributed by atoms with Crippen molar-refractivity contribution >= 4 is 23.3 Å². The summed E-state index contributed by atoms with van der Waals surface area (Å²) in [5.74, 6) is -0.167. The summed E-state index contributed by atoms with van der Waals surface area (Å²) in [6.45, 7) is 1.73. The lowest BCUT2D eigenvalue weighted by Gasteiger charge is -2.02. The standard InChI is InChI=1S/C10H10ClFN4O/c1-5(13)9-15-16-10(17-9)14-6-2-3-8(12)7(11)4-6/h2-5H,13H2,1H3,(H,14,16). The van der Waals surface area contributed by atoms with E-state index >= 15 is 0 Å². The fourth-order valence-corrected chi connectivity index (χ4v) is 1.35. The Hall–Kier alpha value is -1.66. The van der Waals surface area contributed by atoms with Crippen LogP contribution in [0, 0.1) is 5.82 Å². The number of hydrogen-bond acceptors (Lipinski definition) is 5. The molecule has 1 aromatic carbocycles. The number of nitrogens with one attached hydrogen (secondary N) is 1. The molecular formula is C10H10ClFN4O. The Morgan fingerprint density at radius 3 is 2.82 bits per heavy atom. The maximum atomic E-state index is 12.9. The van der Waals surface area contributed by atoms with E-state index in [1.54, 1.807) is 6.92 Å². The highest BCUT2D eigenvalue weighted by Crippen LogP contribution is 2.22. The first-order chi connectivity index (χ1) is 8.06. The van der Waals surface area contributed by atoms with E-state index < -0.39 is 5.82 Å². The summed E-state index contributed by atoms with van der Waals surface area (Å²) in [5, 5.41) is 10.3. The molecule has 7 heteroatoms. The van der Waals surface area contributed by atoms with Gasteiger partial charge in [-0.15, -0.1) is 5.10 Å². The zero-order valence-corrected chi connectivity index (χ0v) is 9.70. The monoisotopic (exact) mass is 256 g/mol. The third-order valence-electron chi connectivity index (χ3n) is 2.00. The number of halogens is 2. The van der Waals surface area contributed by atoms with Crippen LogP contribution in [0.2, 0.25) is 5.02 Å². The van der Waals surface area contributed by atoms with Gasteiger partial charge in [-0.1, -0.05) is 16.7 Å². The zero-order valence-electron chi connectivity index (χ0n) is 8.95. The Morgan fingerprint density at radius 2 is 2.24 bits per heavy atom. The Bertz CT molecular complexity index is 529. The van der Waals surface area contributed by atoms with Gasteiger partial charge in [-0.05, 0) is 25.1 Å². The highest BCUT2D eigenvalue weighted by Gasteiger charge is 2.10. The van der Waals surface area contributed by atoms with Gasteiger partial charge in [0.05, 0.1) is 11.1 Å². The van der Waals surface area contributed by atoms with E-state index in [-0.39, 0.29) is 17.1 Å². The van der Waals surface area contributed by atoms with Gasteiger partial charge in [0.15, 0.2) is 0 Å². The molecule has 0 saturated carbocycles. The van der Waals surface area contributed by atoms with Crippen molar-refractivity contribution in [3.8, 4) is 0 Å². The number of benzene rings is 1. The van der Waals surface area contributed by atoms with Gasteiger partial charge in [0.25, 0.3) is 0 Å².